The minimum absolute atomic E-state index is 0.172. The van der Waals surface area contributed by atoms with E-state index < -0.39 is 0 Å². The van der Waals surface area contributed by atoms with Gasteiger partial charge >= 0.3 is 0 Å². The largest absolute Gasteiger partial charge is 0.369 e. The van der Waals surface area contributed by atoms with E-state index in [4.69, 9.17) is 0 Å². The zero-order chi connectivity index (χ0) is 21.5. The maximum atomic E-state index is 12.3. The van der Waals surface area contributed by atoms with Crippen LogP contribution in [0.3, 0.4) is 0 Å². The van der Waals surface area contributed by atoms with Crippen LogP contribution in [0.2, 0.25) is 0 Å². The number of carbonyl (C=O) groups excluding carboxylic acids is 1. The second kappa shape index (κ2) is 10.2. The highest BCUT2D eigenvalue weighted by Crippen LogP contribution is 2.17. The fourth-order valence-corrected chi connectivity index (χ4v) is 3.86. The van der Waals surface area contributed by atoms with Crippen LogP contribution in [-0.4, -0.2) is 65.1 Å². The Morgan fingerprint density at radius 1 is 0.968 bits per heavy atom. The number of carbonyl (C=O) groups is 1. The van der Waals surface area contributed by atoms with Crippen LogP contribution in [-0.2, 0) is 0 Å². The summed E-state index contributed by atoms with van der Waals surface area (Å²) in [4.78, 5) is 18.8. The van der Waals surface area contributed by atoms with Crippen LogP contribution < -0.4 is 10.2 Å². The molecule has 162 valence electrons. The van der Waals surface area contributed by atoms with Crippen LogP contribution in [0.4, 0.5) is 5.69 Å². The molecule has 0 unspecified atom stereocenters. The molecular formula is C24H30N6O. The molecule has 0 radical (unpaired) electrons. The number of aromatic nitrogens is 3. The number of benzene rings is 2. The van der Waals surface area contributed by atoms with Crippen LogP contribution in [0.5, 0.6) is 0 Å². The highest BCUT2D eigenvalue weighted by atomic mass is 16.2. The number of amides is 1. The van der Waals surface area contributed by atoms with E-state index in [1.165, 1.54) is 22.2 Å². The van der Waals surface area contributed by atoms with E-state index in [0.29, 0.717) is 12.2 Å². The van der Waals surface area contributed by atoms with Gasteiger partial charge in [-0.1, -0.05) is 30.3 Å². The van der Waals surface area contributed by atoms with Crippen LogP contribution in [0.15, 0.2) is 60.8 Å². The van der Waals surface area contributed by atoms with Gasteiger partial charge in [0.2, 0.25) is 0 Å². The average Bonchev–Trinajstić information content (AvgIpc) is 3.30. The lowest BCUT2D eigenvalue weighted by Gasteiger charge is -2.36. The van der Waals surface area contributed by atoms with E-state index in [9.17, 15) is 4.79 Å². The minimum Gasteiger partial charge on any atom is -0.369 e. The van der Waals surface area contributed by atoms with Crippen molar-refractivity contribution in [1.29, 1.82) is 0 Å². The van der Waals surface area contributed by atoms with Gasteiger partial charge in [0.1, 0.15) is 0 Å². The van der Waals surface area contributed by atoms with Crippen molar-refractivity contribution >= 4 is 11.6 Å². The van der Waals surface area contributed by atoms with Gasteiger partial charge in [-0.2, -0.15) is 9.90 Å². The molecule has 2 aromatic carbocycles. The van der Waals surface area contributed by atoms with Gasteiger partial charge in [0.15, 0.2) is 5.69 Å². The fraction of sp³-hybridized carbons (Fsp3) is 0.375. The maximum absolute atomic E-state index is 12.3. The van der Waals surface area contributed by atoms with Gasteiger partial charge in [-0.25, -0.2) is 0 Å². The van der Waals surface area contributed by atoms with Gasteiger partial charge in [0.25, 0.3) is 5.91 Å². The molecule has 0 spiro atoms. The topological polar surface area (TPSA) is 66.3 Å². The zero-order valence-corrected chi connectivity index (χ0v) is 18.1. The molecule has 4 rings (SSSR count). The molecule has 7 nitrogen and oxygen atoms in total. The lowest BCUT2D eigenvalue weighted by atomic mass is 10.2. The first-order valence-corrected chi connectivity index (χ1v) is 11.0. The number of anilines is 1. The lowest BCUT2D eigenvalue weighted by molar-refractivity contribution is 0.0947. The Balaban J connectivity index is 1.13. The third kappa shape index (κ3) is 5.70. The smallest absolute Gasteiger partial charge is 0.273 e. The second-order valence-electron chi connectivity index (χ2n) is 7.99. The second-order valence-corrected chi connectivity index (χ2v) is 7.99. The van der Waals surface area contributed by atoms with E-state index in [1.54, 1.807) is 0 Å². The number of hydrogen-bond donors (Lipinski definition) is 1. The van der Waals surface area contributed by atoms with Crippen molar-refractivity contribution < 1.29 is 4.79 Å². The van der Waals surface area contributed by atoms with E-state index in [-0.39, 0.29) is 5.91 Å². The normalized spacial score (nSPS) is 14.5. The van der Waals surface area contributed by atoms with E-state index in [1.807, 2.05) is 30.3 Å². The molecule has 0 atom stereocenters. The van der Waals surface area contributed by atoms with E-state index >= 15 is 0 Å². The summed E-state index contributed by atoms with van der Waals surface area (Å²) in [6.07, 6.45) is 3.54. The summed E-state index contributed by atoms with van der Waals surface area (Å²) < 4.78 is 0. The Kier molecular flexibility index (Phi) is 6.94. The third-order valence-electron chi connectivity index (χ3n) is 5.64. The summed E-state index contributed by atoms with van der Waals surface area (Å²) in [6.45, 7) is 8.17. The molecule has 1 N–H and O–H groups in total. The number of rotatable bonds is 8. The van der Waals surface area contributed by atoms with Gasteiger partial charge in [0, 0.05) is 38.4 Å². The fourth-order valence-electron chi connectivity index (χ4n) is 3.86. The van der Waals surface area contributed by atoms with Gasteiger partial charge in [-0.05, 0) is 56.1 Å². The standard InChI is InChI=1S/C24H30N6O/c1-20-8-7-11-22(18-20)29-16-14-28(15-17-29)13-6-5-12-25-24(31)23-19-26-30(27-23)21-9-3-2-4-10-21/h2-4,7-11,18-19H,5-6,12-17H2,1H3,(H,25,31). The van der Waals surface area contributed by atoms with Crippen molar-refractivity contribution in [3.05, 3.63) is 72.1 Å². The number of nitrogens with one attached hydrogen (secondary N) is 1. The first kappa shape index (κ1) is 21.1. The highest BCUT2D eigenvalue weighted by Gasteiger charge is 2.17. The zero-order valence-electron chi connectivity index (χ0n) is 18.1. The average molecular weight is 419 g/mol. The number of hydrogen-bond acceptors (Lipinski definition) is 5. The molecular weight excluding hydrogens is 388 g/mol. The quantitative estimate of drug-likeness (QED) is 0.570. The molecule has 7 heteroatoms. The Morgan fingerprint density at radius 3 is 2.52 bits per heavy atom. The van der Waals surface area contributed by atoms with Crippen molar-refractivity contribution in [2.75, 3.05) is 44.2 Å². The molecule has 1 saturated heterocycles. The SMILES string of the molecule is Cc1cccc(N2CCN(CCCCNC(=O)c3cnn(-c4ccccc4)n3)CC2)c1. The van der Waals surface area contributed by atoms with Crippen molar-refractivity contribution in [3.8, 4) is 5.69 Å². The van der Waals surface area contributed by atoms with Gasteiger partial charge in [0.05, 0.1) is 11.9 Å². The van der Waals surface area contributed by atoms with Crippen LogP contribution in [0, 0.1) is 6.92 Å². The summed E-state index contributed by atoms with van der Waals surface area (Å²) in [6, 6.07) is 18.3. The molecule has 3 aromatic rings. The first-order chi connectivity index (χ1) is 15.2. The maximum Gasteiger partial charge on any atom is 0.273 e. The Labute approximate surface area is 183 Å². The molecule has 0 bridgehead atoms. The summed E-state index contributed by atoms with van der Waals surface area (Å²) in [5, 5.41) is 11.4. The molecule has 0 aliphatic carbocycles. The number of nitrogens with zero attached hydrogens (tertiary/aromatic N) is 5. The van der Waals surface area contributed by atoms with E-state index in [0.717, 1.165) is 51.3 Å². The van der Waals surface area contributed by atoms with Crippen LogP contribution >= 0.6 is 0 Å². The molecule has 1 fully saturated rings. The Hall–Kier alpha value is -3.19. The number of unbranched alkanes of at least 4 members (excludes halogenated alkanes) is 1. The van der Waals surface area contributed by atoms with Crippen LogP contribution in [0.1, 0.15) is 28.9 Å². The predicted octanol–water partition coefficient (Wildman–Crippen LogP) is 2.91. The lowest BCUT2D eigenvalue weighted by Crippen LogP contribution is -2.46. The molecule has 1 aromatic heterocycles. The van der Waals surface area contributed by atoms with E-state index in [2.05, 4.69) is 56.5 Å². The monoisotopic (exact) mass is 418 g/mol. The van der Waals surface area contributed by atoms with Crippen LogP contribution in [0.25, 0.3) is 5.69 Å². The summed E-state index contributed by atoms with van der Waals surface area (Å²) in [5.41, 5.74) is 3.82. The number of aryl methyl sites for hydroxylation is 1. The molecule has 1 amide bonds. The van der Waals surface area contributed by atoms with Crippen molar-refractivity contribution in [3.63, 3.8) is 0 Å². The number of para-hydroxylation sites is 1. The van der Waals surface area contributed by atoms with Gasteiger partial charge in [-0.15, -0.1) is 5.10 Å². The van der Waals surface area contributed by atoms with Gasteiger partial charge in [-0.3, -0.25) is 9.69 Å². The third-order valence-corrected chi connectivity index (χ3v) is 5.64. The summed E-state index contributed by atoms with van der Waals surface area (Å²) >= 11 is 0. The first-order valence-electron chi connectivity index (χ1n) is 11.0. The number of piperazine rings is 1. The molecule has 2 heterocycles. The minimum atomic E-state index is -0.172. The molecule has 0 saturated carbocycles. The van der Waals surface area contributed by atoms with Gasteiger partial charge < -0.3 is 10.2 Å². The summed E-state index contributed by atoms with van der Waals surface area (Å²) in [7, 11) is 0. The molecule has 1 aliphatic heterocycles. The predicted molar refractivity (Wildman–Crippen MR) is 123 cm³/mol. The highest BCUT2D eigenvalue weighted by molar-refractivity contribution is 5.91. The molecule has 1 aliphatic rings. The van der Waals surface area contributed by atoms with Crippen molar-refractivity contribution in [2.45, 2.75) is 19.8 Å². The molecule has 31 heavy (non-hydrogen) atoms. The van der Waals surface area contributed by atoms with Crippen molar-refractivity contribution in [2.24, 2.45) is 0 Å². The van der Waals surface area contributed by atoms with Crippen molar-refractivity contribution in [1.82, 2.24) is 25.2 Å². The Morgan fingerprint density at radius 2 is 1.74 bits per heavy atom. The summed E-state index contributed by atoms with van der Waals surface area (Å²) in [5.74, 6) is -0.172. The Bertz CT molecular complexity index is 978.